The predicted octanol–water partition coefficient (Wildman–Crippen LogP) is 1.92. The lowest BCUT2D eigenvalue weighted by Crippen LogP contribution is -2.35. The Morgan fingerprint density at radius 2 is 1.76 bits per heavy atom. The van der Waals surface area contributed by atoms with Crippen LogP contribution < -0.4 is 10.6 Å². The minimum Gasteiger partial charge on any atom is -0.459 e. The lowest BCUT2D eigenvalue weighted by atomic mass is 10.4. The van der Waals surface area contributed by atoms with Crippen LogP contribution in [0.5, 0.6) is 0 Å². The normalized spacial score (nSPS) is 10.1. The maximum absolute atomic E-state index is 11.6. The summed E-state index contributed by atoms with van der Waals surface area (Å²) in [6.45, 7) is 0.752. The molecule has 0 aliphatic rings. The van der Waals surface area contributed by atoms with E-state index in [1.165, 1.54) is 18.0 Å². The molecular weight excluding hydrogens is 288 g/mol. The van der Waals surface area contributed by atoms with Crippen LogP contribution in [-0.4, -0.2) is 30.7 Å². The third-order valence-corrected chi connectivity index (χ3v) is 3.60. The van der Waals surface area contributed by atoms with E-state index in [0.717, 1.165) is 4.90 Å². The van der Waals surface area contributed by atoms with Crippen molar-refractivity contribution in [2.24, 2.45) is 0 Å². The van der Waals surface area contributed by atoms with Gasteiger partial charge in [0.15, 0.2) is 5.76 Å². The topological polar surface area (TPSA) is 71.3 Å². The first-order valence-corrected chi connectivity index (χ1v) is 7.50. The van der Waals surface area contributed by atoms with Crippen LogP contribution in [0.2, 0.25) is 0 Å². The molecule has 0 saturated heterocycles. The van der Waals surface area contributed by atoms with Gasteiger partial charge in [0.05, 0.1) is 12.0 Å². The summed E-state index contributed by atoms with van der Waals surface area (Å²) in [6, 6.07) is 13.0. The van der Waals surface area contributed by atoms with E-state index in [0.29, 0.717) is 18.8 Å². The van der Waals surface area contributed by atoms with Gasteiger partial charge in [0, 0.05) is 18.0 Å². The lowest BCUT2D eigenvalue weighted by Gasteiger charge is -2.06. The molecule has 0 unspecified atom stereocenters. The van der Waals surface area contributed by atoms with Crippen molar-refractivity contribution in [3.05, 3.63) is 54.5 Å². The van der Waals surface area contributed by atoms with E-state index in [2.05, 4.69) is 10.6 Å². The Bertz CT molecular complexity index is 570. The maximum Gasteiger partial charge on any atom is 0.287 e. The fourth-order valence-electron chi connectivity index (χ4n) is 1.59. The van der Waals surface area contributed by atoms with Gasteiger partial charge in [0.1, 0.15) is 0 Å². The Hall–Kier alpha value is -2.21. The van der Waals surface area contributed by atoms with Crippen molar-refractivity contribution in [3.8, 4) is 0 Å². The van der Waals surface area contributed by atoms with Gasteiger partial charge in [-0.2, -0.15) is 0 Å². The molecule has 0 radical (unpaired) electrons. The van der Waals surface area contributed by atoms with Crippen LogP contribution in [0.3, 0.4) is 0 Å². The molecule has 6 heteroatoms. The summed E-state index contributed by atoms with van der Waals surface area (Å²) in [4.78, 5) is 24.2. The molecule has 1 aromatic carbocycles. The molecule has 0 spiro atoms. The summed E-state index contributed by atoms with van der Waals surface area (Å²) in [5.41, 5.74) is 0. The van der Waals surface area contributed by atoms with Gasteiger partial charge in [-0.1, -0.05) is 18.2 Å². The number of carbonyl (C=O) groups is 2. The van der Waals surface area contributed by atoms with Crippen LogP contribution in [-0.2, 0) is 4.79 Å². The van der Waals surface area contributed by atoms with Gasteiger partial charge in [-0.05, 0) is 24.3 Å². The largest absolute Gasteiger partial charge is 0.459 e. The Labute approximate surface area is 127 Å². The monoisotopic (exact) mass is 304 g/mol. The molecule has 0 saturated carbocycles. The fraction of sp³-hybridized carbons (Fsp3) is 0.200. The zero-order chi connectivity index (χ0) is 14.9. The summed E-state index contributed by atoms with van der Waals surface area (Å²) in [6.07, 6.45) is 1.44. The van der Waals surface area contributed by atoms with Gasteiger partial charge in [-0.25, -0.2) is 0 Å². The van der Waals surface area contributed by atoms with Crippen molar-refractivity contribution < 1.29 is 14.0 Å². The third-order valence-electron chi connectivity index (χ3n) is 2.59. The highest BCUT2D eigenvalue weighted by Gasteiger charge is 2.07. The average Bonchev–Trinajstić information content (AvgIpc) is 3.05. The molecule has 2 rings (SSSR count). The fourth-order valence-corrected chi connectivity index (χ4v) is 2.34. The molecule has 0 fully saturated rings. The molecule has 0 bridgehead atoms. The van der Waals surface area contributed by atoms with Crippen molar-refractivity contribution in [2.45, 2.75) is 4.90 Å². The minimum absolute atomic E-state index is 0.0592. The van der Waals surface area contributed by atoms with E-state index in [1.807, 2.05) is 30.3 Å². The van der Waals surface area contributed by atoms with Crippen LogP contribution in [0.4, 0.5) is 0 Å². The average molecular weight is 304 g/mol. The second-order valence-electron chi connectivity index (χ2n) is 4.18. The summed E-state index contributed by atoms with van der Waals surface area (Å²) in [7, 11) is 0. The van der Waals surface area contributed by atoms with E-state index in [4.69, 9.17) is 4.42 Å². The number of benzene rings is 1. The number of hydrogen-bond acceptors (Lipinski definition) is 4. The van der Waals surface area contributed by atoms with Gasteiger partial charge < -0.3 is 15.1 Å². The van der Waals surface area contributed by atoms with E-state index < -0.39 is 0 Å². The molecule has 0 atom stereocenters. The van der Waals surface area contributed by atoms with Gasteiger partial charge in [-0.15, -0.1) is 11.8 Å². The van der Waals surface area contributed by atoms with Crippen LogP contribution in [0.1, 0.15) is 10.6 Å². The van der Waals surface area contributed by atoms with Crippen LogP contribution in [0.15, 0.2) is 58.0 Å². The number of rotatable bonds is 7. The van der Waals surface area contributed by atoms with Crippen molar-refractivity contribution >= 4 is 23.6 Å². The number of hydrogen-bond donors (Lipinski definition) is 2. The van der Waals surface area contributed by atoms with Gasteiger partial charge in [0.25, 0.3) is 5.91 Å². The number of thioether (sulfide) groups is 1. The SMILES string of the molecule is O=C(CSc1ccccc1)NCCNC(=O)c1ccco1. The number of amides is 2. The first-order chi connectivity index (χ1) is 10.3. The highest BCUT2D eigenvalue weighted by Crippen LogP contribution is 2.15. The molecule has 2 N–H and O–H groups in total. The molecule has 0 aliphatic carbocycles. The zero-order valence-electron chi connectivity index (χ0n) is 11.4. The van der Waals surface area contributed by atoms with Crippen molar-refractivity contribution in [1.82, 2.24) is 10.6 Å². The van der Waals surface area contributed by atoms with Gasteiger partial charge in [-0.3, -0.25) is 9.59 Å². The number of nitrogens with one attached hydrogen (secondary N) is 2. The van der Waals surface area contributed by atoms with Crippen molar-refractivity contribution in [1.29, 1.82) is 0 Å². The second-order valence-corrected chi connectivity index (χ2v) is 5.23. The molecular formula is C15H16N2O3S. The van der Waals surface area contributed by atoms with E-state index in [1.54, 1.807) is 12.1 Å². The van der Waals surface area contributed by atoms with E-state index in [-0.39, 0.29) is 17.6 Å². The van der Waals surface area contributed by atoms with Crippen LogP contribution in [0, 0.1) is 0 Å². The smallest absolute Gasteiger partial charge is 0.287 e. The quantitative estimate of drug-likeness (QED) is 0.605. The Morgan fingerprint density at radius 1 is 1.00 bits per heavy atom. The third kappa shape index (κ3) is 5.35. The molecule has 21 heavy (non-hydrogen) atoms. The Balaban J connectivity index is 1.58. The number of furan rings is 1. The second kappa shape index (κ2) is 8.16. The summed E-state index contributed by atoms with van der Waals surface area (Å²) < 4.78 is 4.96. The highest BCUT2D eigenvalue weighted by molar-refractivity contribution is 8.00. The maximum atomic E-state index is 11.6. The lowest BCUT2D eigenvalue weighted by molar-refractivity contribution is -0.118. The van der Waals surface area contributed by atoms with Gasteiger partial charge >= 0.3 is 0 Å². The Morgan fingerprint density at radius 3 is 2.48 bits per heavy atom. The van der Waals surface area contributed by atoms with E-state index in [9.17, 15) is 9.59 Å². The zero-order valence-corrected chi connectivity index (χ0v) is 12.2. The molecule has 1 aromatic heterocycles. The van der Waals surface area contributed by atoms with Gasteiger partial charge in [0.2, 0.25) is 5.91 Å². The molecule has 2 amide bonds. The molecule has 0 aliphatic heterocycles. The van der Waals surface area contributed by atoms with E-state index >= 15 is 0 Å². The molecule has 2 aromatic rings. The minimum atomic E-state index is -0.284. The van der Waals surface area contributed by atoms with Crippen LogP contribution >= 0.6 is 11.8 Å². The molecule has 1 heterocycles. The summed E-state index contributed by atoms with van der Waals surface area (Å²) >= 11 is 1.48. The van der Waals surface area contributed by atoms with Crippen LogP contribution in [0.25, 0.3) is 0 Å². The molecule has 110 valence electrons. The van der Waals surface area contributed by atoms with Crippen molar-refractivity contribution in [2.75, 3.05) is 18.8 Å². The molecule has 5 nitrogen and oxygen atoms in total. The number of carbonyl (C=O) groups excluding carboxylic acids is 2. The first kappa shape index (κ1) is 15.2. The van der Waals surface area contributed by atoms with Crippen molar-refractivity contribution in [3.63, 3.8) is 0 Å². The predicted molar refractivity (Wildman–Crippen MR) is 81.2 cm³/mol. The Kier molecular flexibility index (Phi) is 5.90. The standard InChI is InChI=1S/C15H16N2O3S/c18-14(11-21-12-5-2-1-3-6-12)16-8-9-17-15(19)13-7-4-10-20-13/h1-7,10H,8-9,11H2,(H,16,18)(H,17,19). The summed E-state index contributed by atoms with van der Waals surface area (Å²) in [5.74, 6) is 0.279. The summed E-state index contributed by atoms with van der Waals surface area (Å²) in [5, 5.41) is 5.41. The highest BCUT2D eigenvalue weighted by atomic mass is 32.2. The first-order valence-electron chi connectivity index (χ1n) is 6.52.